The number of anilines is 1. The highest BCUT2D eigenvalue weighted by Crippen LogP contribution is 2.43. The zero-order chi connectivity index (χ0) is 33.6. The fourth-order valence-electron chi connectivity index (χ4n) is 5.94. The fraction of sp³-hybridized carbons (Fsp3) is 0.543. The monoisotopic (exact) mass is 716 g/mol. The number of halogens is 2. The number of fused-ring (bicyclic) bond motifs is 1. The van der Waals surface area contributed by atoms with Crippen molar-refractivity contribution in [1.29, 1.82) is 10.7 Å². The van der Waals surface area contributed by atoms with Crippen LogP contribution in [-0.2, 0) is 16.8 Å². The topological polar surface area (TPSA) is 136 Å². The van der Waals surface area contributed by atoms with Crippen LogP contribution in [-0.4, -0.2) is 67.0 Å². The highest BCUT2D eigenvalue weighted by molar-refractivity contribution is 8.93. The summed E-state index contributed by atoms with van der Waals surface area (Å²) in [4.78, 5) is 28.7. The van der Waals surface area contributed by atoms with E-state index in [9.17, 15) is 14.9 Å². The number of carbonyl (C=O) groups is 2. The van der Waals surface area contributed by atoms with Gasteiger partial charge in [0.05, 0.1) is 43.7 Å². The Morgan fingerprint density at radius 3 is 2.34 bits per heavy atom. The molecule has 2 aromatic carbocycles. The van der Waals surface area contributed by atoms with E-state index < -0.39 is 17.2 Å². The first-order valence-corrected chi connectivity index (χ1v) is 16.0. The van der Waals surface area contributed by atoms with Crippen LogP contribution in [0.1, 0.15) is 93.8 Å². The maximum absolute atomic E-state index is 15.6. The number of piperidine rings is 1. The lowest BCUT2D eigenvalue weighted by molar-refractivity contribution is -0.137. The number of benzene rings is 2. The number of hydrogen-bond donors (Lipinski definition) is 2. The molecule has 0 saturated carbocycles. The number of rotatable bonds is 14. The Bertz CT molecular complexity index is 1510. The van der Waals surface area contributed by atoms with Crippen LogP contribution < -0.4 is 19.1 Å². The molecule has 0 bridgehead atoms. The Kier molecular flexibility index (Phi) is 13.1. The number of carboxylic acid groups (broad SMARTS) is 1. The summed E-state index contributed by atoms with van der Waals surface area (Å²) in [7, 11) is 0. The van der Waals surface area contributed by atoms with E-state index in [1.807, 2.05) is 32.9 Å². The predicted octanol–water partition coefficient (Wildman–Crippen LogP) is 6.90. The molecule has 4 rings (SSSR count). The molecule has 1 fully saturated rings. The normalized spacial score (nSPS) is 14.7. The summed E-state index contributed by atoms with van der Waals surface area (Å²) < 4.78 is 33.2. The van der Waals surface area contributed by atoms with Gasteiger partial charge >= 0.3 is 5.97 Å². The molecule has 2 aliphatic rings. The van der Waals surface area contributed by atoms with Gasteiger partial charge in [0.2, 0.25) is 0 Å². The quantitative estimate of drug-likeness (QED) is 0.158. The second kappa shape index (κ2) is 16.3. The molecule has 10 nitrogen and oxygen atoms in total. The lowest BCUT2D eigenvalue weighted by Gasteiger charge is -2.35. The minimum Gasteiger partial charge on any atom is -0.491 e. The smallest absolute Gasteiger partial charge is 0.303 e. The molecule has 2 heterocycles. The van der Waals surface area contributed by atoms with Crippen molar-refractivity contribution in [3.8, 4) is 23.3 Å². The second-order valence-corrected chi connectivity index (χ2v) is 12.8. The highest BCUT2D eigenvalue weighted by Gasteiger charge is 2.34. The average Bonchev–Trinajstić information content (AvgIpc) is 3.32. The van der Waals surface area contributed by atoms with Gasteiger partial charge in [0.25, 0.3) is 0 Å². The number of aliphatic carboxylic acids is 1. The second-order valence-electron chi connectivity index (χ2n) is 12.8. The van der Waals surface area contributed by atoms with Crippen LogP contribution in [0, 0.1) is 28.5 Å². The molecular weight excluding hydrogens is 671 g/mol. The Balaban J connectivity index is 0.00000600. The summed E-state index contributed by atoms with van der Waals surface area (Å²) in [5, 5.41) is 27.3. The van der Waals surface area contributed by atoms with Gasteiger partial charge in [-0.3, -0.25) is 15.0 Å². The summed E-state index contributed by atoms with van der Waals surface area (Å²) >= 11 is 0. The van der Waals surface area contributed by atoms with Crippen LogP contribution >= 0.6 is 17.0 Å². The number of ketones is 1. The average molecular weight is 718 g/mol. The maximum Gasteiger partial charge on any atom is 0.303 e. The Morgan fingerprint density at radius 2 is 1.74 bits per heavy atom. The van der Waals surface area contributed by atoms with E-state index >= 15 is 4.39 Å². The fourth-order valence-corrected chi connectivity index (χ4v) is 5.94. The minimum absolute atomic E-state index is 0. The molecule has 2 aromatic rings. The van der Waals surface area contributed by atoms with Gasteiger partial charge in [-0.25, -0.2) is 4.39 Å². The molecule has 0 amide bonds. The molecule has 1 saturated heterocycles. The number of ether oxygens (including phenoxy) is 3. The van der Waals surface area contributed by atoms with Crippen molar-refractivity contribution in [1.82, 2.24) is 4.90 Å². The third kappa shape index (κ3) is 8.74. The van der Waals surface area contributed by atoms with E-state index in [-0.39, 0.29) is 77.7 Å². The van der Waals surface area contributed by atoms with Crippen LogP contribution in [0.15, 0.2) is 18.2 Å². The van der Waals surface area contributed by atoms with Gasteiger partial charge in [-0.1, -0.05) is 20.8 Å². The van der Waals surface area contributed by atoms with Crippen molar-refractivity contribution in [3.63, 3.8) is 0 Å². The van der Waals surface area contributed by atoms with Gasteiger partial charge in [-0.2, -0.15) is 5.26 Å². The summed E-state index contributed by atoms with van der Waals surface area (Å²) in [5.41, 5.74) is 2.32. The number of Topliss-reactive ketones (excluding diaryl/α,β-unsaturated/α-hetero) is 1. The molecule has 0 atom stereocenters. The number of carboxylic acids is 1. The molecule has 0 unspecified atom stereocenters. The Hall–Kier alpha value is -3.85. The molecule has 47 heavy (non-hydrogen) atoms. The largest absolute Gasteiger partial charge is 0.491 e. The van der Waals surface area contributed by atoms with Gasteiger partial charge in [0.15, 0.2) is 23.1 Å². The number of nitrogens with one attached hydrogen (secondary N) is 1. The first kappa shape index (κ1) is 37.6. The molecule has 12 heteroatoms. The molecule has 2 aliphatic heterocycles. The van der Waals surface area contributed by atoms with Crippen molar-refractivity contribution in [3.05, 3.63) is 46.3 Å². The van der Waals surface area contributed by atoms with Gasteiger partial charge in [-0.15, -0.1) is 17.0 Å². The number of hydrogen-bond acceptors (Lipinski definition) is 8. The van der Waals surface area contributed by atoms with Gasteiger partial charge < -0.3 is 29.1 Å². The molecular formula is C35H46BrFN4O6. The van der Waals surface area contributed by atoms with Gasteiger partial charge in [0, 0.05) is 43.1 Å². The first-order valence-electron chi connectivity index (χ1n) is 16.0. The predicted molar refractivity (Wildman–Crippen MR) is 183 cm³/mol. The summed E-state index contributed by atoms with van der Waals surface area (Å²) in [6.45, 7) is 11.9. The van der Waals surface area contributed by atoms with Crippen molar-refractivity contribution < 1.29 is 33.3 Å². The molecule has 0 aliphatic carbocycles. The summed E-state index contributed by atoms with van der Waals surface area (Å²) in [5.74, 6) is -0.936. The van der Waals surface area contributed by atoms with Gasteiger partial charge in [-0.05, 0) is 68.7 Å². The van der Waals surface area contributed by atoms with Crippen LogP contribution in [0.4, 0.5) is 10.1 Å². The van der Waals surface area contributed by atoms with E-state index in [2.05, 4.69) is 11.0 Å². The van der Waals surface area contributed by atoms with Crippen molar-refractivity contribution in [2.75, 3.05) is 44.4 Å². The van der Waals surface area contributed by atoms with E-state index in [0.29, 0.717) is 68.9 Å². The van der Waals surface area contributed by atoms with E-state index in [1.165, 1.54) is 0 Å². The zero-order valence-corrected chi connectivity index (χ0v) is 29.6. The molecule has 256 valence electrons. The third-order valence-corrected chi connectivity index (χ3v) is 8.36. The van der Waals surface area contributed by atoms with Crippen molar-refractivity contribution in [2.24, 2.45) is 5.92 Å². The standard InChI is InChI=1S/C35H45FN4O6.BrH/c1-6-44-28-18-24-20-40(34(38)30(24)31(36)33(28)45-7-2)21-27(41)23-16-25(35(3,4)5)32(46-15-9-8-10-29(42)43)26(17-23)39-13-11-22(19-37)12-14-39;/h16-18,22,38H,6-15,20-21H2,1-5H3,(H,42,43);1H. The van der Waals surface area contributed by atoms with E-state index in [0.717, 1.165) is 11.3 Å². The van der Waals surface area contributed by atoms with Gasteiger partial charge in [0.1, 0.15) is 11.6 Å². The van der Waals surface area contributed by atoms with Crippen LogP contribution in [0.2, 0.25) is 0 Å². The lowest BCUT2D eigenvalue weighted by Crippen LogP contribution is -2.34. The minimum atomic E-state index is -0.847. The van der Waals surface area contributed by atoms with E-state index in [1.54, 1.807) is 24.8 Å². The third-order valence-electron chi connectivity index (χ3n) is 8.36. The summed E-state index contributed by atoms with van der Waals surface area (Å²) in [6, 6.07) is 7.72. The molecule has 0 spiro atoms. The Labute approximate surface area is 287 Å². The number of nitriles is 1. The number of nitrogens with zero attached hydrogens (tertiary/aromatic N) is 3. The number of carbonyl (C=O) groups excluding carboxylic acids is 1. The lowest BCUT2D eigenvalue weighted by atomic mass is 9.84. The van der Waals surface area contributed by atoms with Crippen molar-refractivity contribution in [2.45, 2.75) is 78.7 Å². The first-order chi connectivity index (χ1) is 21.9. The Morgan fingerprint density at radius 1 is 1.06 bits per heavy atom. The van der Waals surface area contributed by atoms with Crippen LogP contribution in [0.3, 0.4) is 0 Å². The number of unbranched alkanes of at least 4 members (excludes halogenated alkanes) is 1. The number of amidine groups is 1. The van der Waals surface area contributed by atoms with E-state index in [4.69, 9.17) is 24.7 Å². The molecule has 0 radical (unpaired) electrons. The van der Waals surface area contributed by atoms with Crippen LogP contribution in [0.5, 0.6) is 17.2 Å². The zero-order valence-electron chi connectivity index (χ0n) is 27.9. The molecule has 2 N–H and O–H groups in total. The van der Waals surface area contributed by atoms with Crippen molar-refractivity contribution >= 4 is 40.3 Å². The highest BCUT2D eigenvalue weighted by atomic mass is 79.9. The maximum atomic E-state index is 15.6. The molecule has 0 aromatic heterocycles. The summed E-state index contributed by atoms with van der Waals surface area (Å²) in [6.07, 6.45) is 2.51. The van der Waals surface area contributed by atoms with Crippen LogP contribution in [0.25, 0.3) is 0 Å². The SMILES string of the molecule is Br.CCOc1cc2c(c(F)c1OCC)C(=N)N(CC(=O)c1cc(N3CCC(C#N)CC3)c(OCCCCC(=O)O)c(C(C)(C)C)c1)C2.